The zero-order chi connectivity index (χ0) is 13.7. The minimum absolute atomic E-state index is 0. The van der Waals surface area contributed by atoms with Gasteiger partial charge in [-0.25, -0.2) is 9.98 Å². The topological polar surface area (TPSA) is 49.3 Å². The lowest BCUT2D eigenvalue weighted by Gasteiger charge is -2.16. The van der Waals surface area contributed by atoms with E-state index in [2.05, 4.69) is 46.6 Å². The molecule has 112 valence electrons. The highest BCUT2D eigenvalue weighted by molar-refractivity contribution is 14.0. The summed E-state index contributed by atoms with van der Waals surface area (Å²) in [5, 5.41) is 7.89. The maximum absolute atomic E-state index is 4.66. The van der Waals surface area contributed by atoms with E-state index in [9.17, 15) is 0 Å². The van der Waals surface area contributed by atoms with E-state index in [4.69, 9.17) is 0 Å². The molecule has 0 amide bonds. The van der Waals surface area contributed by atoms with Crippen LogP contribution in [0.2, 0.25) is 0 Å². The summed E-state index contributed by atoms with van der Waals surface area (Å²) in [7, 11) is 0. The number of nitrogens with one attached hydrogen (secondary N) is 2. The second-order valence-electron chi connectivity index (χ2n) is 4.72. The van der Waals surface area contributed by atoms with Crippen LogP contribution in [0.4, 0.5) is 0 Å². The molecule has 1 aromatic rings. The van der Waals surface area contributed by atoms with Gasteiger partial charge in [-0.3, -0.25) is 0 Å². The van der Waals surface area contributed by atoms with E-state index in [0.29, 0.717) is 12.6 Å². The Morgan fingerprint density at radius 1 is 1.40 bits per heavy atom. The molecule has 0 bridgehead atoms. The van der Waals surface area contributed by atoms with Crippen LogP contribution in [0.15, 0.2) is 17.1 Å². The summed E-state index contributed by atoms with van der Waals surface area (Å²) in [6.07, 6.45) is 6.61. The first-order chi connectivity index (χ1) is 9.19. The number of thiazole rings is 1. The van der Waals surface area contributed by atoms with Gasteiger partial charge in [0, 0.05) is 17.5 Å². The lowest BCUT2D eigenvalue weighted by atomic mass is 10.2. The maximum Gasteiger partial charge on any atom is 0.191 e. The fraction of sp³-hybridized carbons (Fsp3) is 0.571. The van der Waals surface area contributed by atoms with Crippen LogP contribution in [-0.4, -0.2) is 23.5 Å². The van der Waals surface area contributed by atoms with E-state index >= 15 is 0 Å². The lowest BCUT2D eigenvalue weighted by Crippen LogP contribution is -2.42. The summed E-state index contributed by atoms with van der Waals surface area (Å²) < 4.78 is 0. The number of aryl methyl sites for hydroxylation is 2. The quantitative estimate of drug-likeness (QED) is 0.350. The van der Waals surface area contributed by atoms with Gasteiger partial charge in [0.05, 0.1) is 17.2 Å². The van der Waals surface area contributed by atoms with Crippen molar-refractivity contribution in [1.29, 1.82) is 0 Å². The Kier molecular flexibility index (Phi) is 7.50. The van der Waals surface area contributed by atoms with E-state index in [1.54, 1.807) is 11.3 Å². The fourth-order valence-electron chi connectivity index (χ4n) is 2.12. The first kappa shape index (κ1) is 17.4. The van der Waals surface area contributed by atoms with Crippen LogP contribution in [0.1, 0.15) is 35.3 Å². The van der Waals surface area contributed by atoms with Crippen molar-refractivity contribution in [3.8, 4) is 0 Å². The number of aliphatic imine (C=N–C) groups is 1. The zero-order valence-electron chi connectivity index (χ0n) is 12.3. The summed E-state index contributed by atoms with van der Waals surface area (Å²) in [5.74, 6) is 0.904. The summed E-state index contributed by atoms with van der Waals surface area (Å²) in [5.41, 5.74) is 1.10. The molecule has 0 aliphatic heterocycles. The molecule has 0 aromatic carbocycles. The second kappa shape index (κ2) is 8.61. The largest absolute Gasteiger partial charge is 0.357 e. The van der Waals surface area contributed by atoms with Gasteiger partial charge in [0.2, 0.25) is 0 Å². The Bertz CT molecular complexity index is 474. The smallest absolute Gasteiger partial charge is 0.191 e. The van der Waals surface area contributed by atoms with E-state index in [1.807, 2.05) is 6.92 Å². The van der Waals surface area contributed by atoms with Crippen LogP contribution in [0, 0.1) is 13.8 Å². The number of hydrogen-bond acceptors (Lipinski definition) is 3. The molecule has 0 atom stereocenters. The number of rotatable bonds is 4. The van der Waals surface area contributed by atoms with Crippen LogP contribution in [0.5, 0.6) is 0 Å². The third-order valence-corrected chi connectivity index (χ3v) is 4.13. The van der Waals surface area contributed by atoms with E-state index in [-0.39, 0.29) is 24.0 Å². The first-order valence-electron chi connectivity index (χ1n) is 6.81. The molecule has 1 aliphatic carbocycles. The van der Waals surface area contributed by atoms with E-state index in [1.165, 1.54) is 4.88 Å². The Labute approximate surface area is 142 Å². The number of guanidine groups is 1. The molecule has 4 nitrogen and oxygen atoms in total. The van der Waals surface area contributed by atoms with Crippen molar-refractivity contribution in [2.75, 3.05) is 6.54 Å². The Morgan fingerprint density at radius 2 is 2.10 bits per heavy atom. The molecule has 0 saturated heterocycles. The van der Waals surface area contributed by atoms with Gasteiger partial charge in [-0.15, -0.1) is 35.3 Å². The first-order valence-corrected chi connectivity index (χ1v) is 7.63. The van der Waals surface area contributed by atoms with Gasteiger partial charge in [0.1, 0.15) is 0 Å². The average Bonchev–Trinajstić information content (AvgIpc) is 2.97. The van der Waals surface area contributed by atoms with Crippen molar-refractivity contribution in [3.05, 3.63) is 27.7 Å². The van der Waals surface area contributed by atoms with Crippen LogP contribution in [0.3, 0.4) is 0 Å². The van der Waals surface area contributed by atoms with Crippen molar-refractivity contribution in [2.24, 2.45) is 4.99 Å². The molecule has 1 heterocycles. The van der Waals surface area contributed by atoms with Gasteiger partial charge in [0.25, 0.3) is 0 Å². The molecule has 2 rings (SSSR count). The molecule has 0 radical (unpaired) electrons. The Balaban J connectivity index is 0.00000200. The number of hydrogen-bond donors (Lipinski definition) is 2. The van der Waals surface area contributed by atoms with Crippen molar-refractivity contribution < 1.29 is 0 Å². The zero-order valence-corrected chi connectivity index (χ0v) is 15.4. The third-order valence-electron chi connectivity index (χ3n) is 3.07. The maximum atomic E-state index is 4.66. The molecule has 6 heteroatoms. The molecule has 20 heavy (non-hydrogen) atoms. The number of nitrogens with zero attached hydrogens (tertiary/aromatic N) is 2. The van der Waals surface area contributed by atoms with E-state index in [0.717, 1.165) is 36.0 Å². The summed E-state index contributed by atoms with van der Waals surface area (Å²) in [6.45, 7) is 7.76. The summed E-state index contributed by atoms with van der Waals surface area (Å²) in [4.78, 5) is 10.3. The van der Waals surface area contributed by atoms with Gasteiger partial charge >= 0.3 is 0 Å². The monoisotopic (exact) mass is 406 g/mol. The molecular formula is C14H23IN4S. The van der Waals surface area contributed by atoms with Crippen molar-refractivity contribution in [3.63, 3.8) is 0 Å². The summed E-state index contributed by atoms with van der Waals surface area (Å²) >= 11 is 1.73. The SMILES string of the molecule is CCNC(=NCc1sc(C)nc1C)NC1CC=CC1.I. The standard InChI is InChI=1S/C14H22N4S.HI/c1-4-15-14(18-12-7-5-6-8-12)16-9-13-10(2)17-11(3)19-13;/h5-6,12H,4,7-9H2,1-3H3,(H2,15,16,18);1H. The van der Waals surface area contributed by atoms with Crippen molar-refractivity contribution in [2.45, 2.75) is 46.2 Å². The third kappa shape index (κ3) is 5.05. The molecule has 1 aromatic heterocycles. The van der Waals surface area contributed by atoms with Crippen LogP contribution >= 0.6 is 35.3 Å². The predicted octanol–water partition coefficient (Wildman–Crippen LogP) is 3.15. The highest BCUT2D eigenvalue weighted by atomic mass is 127. The van der Waals surface area contributed by atoms with E-state index < -0.39 is 0 Å². The lowest BCUT2D eigenvalue weighted by molar-refractivity contribution is 0.633. The van der Waals surface area contributed by atoms with Gasteiger partial charge in [-0.2, -0.15) is 0 Å². The van der Waals surface area contributed by atoms with Crippen molar-refractivity contribution >= 4 is 41.3 Å². The summed E-state index contributed by atoms with van der Waals surface area (Å²) in [6, 6.07) is 0.488. The van der Waals surface area contributed by atoms with Gasteiger partial charge in [0.15, 0.2) is 5.96 Å². The molecule has 0 saturated carbocycles. The highest BCUT2D eigenvalue weighted by Crippen LogP contribution is 2.18. The second-order valence-corrected chi connectivity index (χ2v) is 6.01. The van der Waals surface area contributed by atoms with Crippen LogP contribution in [0.25, 0.3) is 0 Å². The predicted molar refractivity (Wildman–Crippen MR) is 97.1 cm³/mol. The van der Waals surface area contributed by atoms with Crippen molar-refractivity contribution in [1.82, 2.24) is 15.6 Å². The van der Waals surface area contributed by atoms with Gasteiger partial charge in [-0.1, -0.05) is 12.2 Å². The highest BCUT2D eigenvalue weighted by Gasteiger charge is 2.12. The fourth-order valence-corrected chi connectivity index (χ4v) is 2.98. The van der Waals surface area contributed by atoms with Gasteiger partial charge in [-0.05, 0) is 33.6 Å². The van der Waals surface area contributed by atoms with Crippen LogP contribution in [-0.2, 0) is 6.54 Å². The minimum Gasteiger partial charge on any atom is -0.357 e. The Hall–Kier alpha value is -0.630. The van der Waals surface area contributed by atoms with Gasteiger partial charge < -0.3 is 10.6 Å². The molecule has 2 N–H and O–H groups in total. The van der Waals surface area contributed by atoms with Crippen LogP contribution < -0.4 is 10.6 Å². The average molecular weight is 406 g/mol. The minimum atomic E-state index is 0. The Morgan fingerprint density at radius 3 is 2.65 bits per heavy atom. The number of aromatic nitrogens is 1. The normalized spacial score (nSPS) is 15.2. The molecule has 0 spiro atoms. The number of halogens is 1. The molecule has 0 fully saturated rings. The molecule has 0 unspecified atom stereocenters. The molecular weight excluding hydrogens is 383 g/mol. The molecule has 1 aliphatic rings.